The first-order chi connectivity index (χ1) is 39.9. The van der Waals surface area contributed by atoms with Crippen molar-refractivity contribution >= 4 is 0 Å². The first-order valence-electron chi connectivity index (χ1n) is 25.7. The molecule has 4 aliphatic heterocycles. The standard InChI is InChI=1S/C60H50O24/c61-23-13-34(71)42-40(14-23)81-56(20-2-6-26(63)31(68)10-20)52(78)48(42)43-38(75)18-41-47(51(43)77)50(54(80)57(82-41)21-3-7-27(64)32(69)11-21)46-37(74)17-36(73)45-49(53(79)58(84-60(45)46)22-4-8-28(65)33(70)12-22)44-35(72)16-29(66)24-15-39(76)55(83-59(24)44)19-1-5-25(62)30(67)9-19/h1-14,16-18,39,48-50,52-58,61-80H,15H2/t39-,48+,49-,50-,52+,53+,54+,55+,56+,57+,58+/m0/s1. The number of phenols is 16. The summed E-state index contributed by atoms with van der Waals surface area (Å²) in [4.78, 5) is 0. The molecule has 0 amide bonds. The Balaban J connectivity index is 1.13. The Morgan fingerprint density at radius 2 is 0.643 bits per heavy atom. The van der Waals surface area contributed by atoms with E-state index in [2.05, 4.69) is 0 Å². The summed E-state index contributed by atoms with van der Waals surface area (Å²) < 4.78 is 25.5. The van der Waals surface area contributed by atoms with E-state index in [9.17, 15) is 102 Å². The van der Waals surface area contributed by atoms with Crippen molar-refractivity contribution in [1.82, 2.24) is 0 Å². The number of ether oxygens (including phenoxy) is 4. The van der Waals surface area contributed by atoms with Crippen LogP contribution in [0.5, 0.6) is 115 Å². The smallest absolute Gasteiger partial charge is 0.157 e. The second-order valence-electron chi connectivity index (χ2n) is 21.0. The lowest BCUT2D eigenvalue weighted by molar-refractivity contribution is -0.00597. The Morgan fingerprint density at radius 3 is 1.11 bits per heavy atom. The lowest BCUT2D eigenvalue weighted by Gasteiger charge is -2.43. The molecule has 12 rings (SSSR count). The van der Waals surface area contributed by atoms with E-state index in [0.717, 1.165) is 78.9 Å². The fourth-order valence-electron chi connectivity index (χ4n) is 12.2. The van der Waals surface area contributed by atoms with Crippen LogP contribution in [0.25, 0.3) is 0 Å². The molecule has 24 heteroatoms. The molecule has 4 heterocycles. The summed E-state index contributed by atoms with van der Waals surface area (Å²) in [6.45, 7) is 0. The van der Waals surface area contributed by atoms with E-state index in [1.54, 1.807) is 0 Å². The third-order valence-electron chi connectivity index (χ3n) is 16.0. The number of phenolic OH excluding ortho intramolecular Hbond substituents is 16. The number of rotatable bonds is 7. The van der Waals surface area contributed by atoms with E-state index < -0.39 is 210 Å². The SMILES string of the molecule is Oc1cc(O)c2c(c1)O[C@H](c1ccc(O)c(O)c1)[C@H](O)[C@H]2c1c(O)cc2c(c1O)[C@H](c1c(O)cc(O)c3c1O[C@H](c1ccc(O)c(O)c1)[C@H](O)[C@H]3c1c(O)cc(O)c3c1O[C@H](c1ccc(O)c(O)c1)[C@@H](O)C3)[C@@H](O)[C@@H](c1ccc(O)c(O)c1)O2. The van der Waals surface area contributed by atoms with Crippen molar-refractivity contribution in [2.45, 2.75) is 73.0 Å². The van der Waals surface area contributed by atoms with Crippen molar-refractivity contribution < 1.29 is 121 Å². The number of hydrogen-bond acceptors (Lipinski definition) is 24. The number of aliphatic hydroxyl groups is 4. The van der Waals surface area contributed by atoms with Gasteiger partial charge >= 0.3 is 0 Å². The largest absolute Gasteiger partial charge is 0.508 e. The molecule has 0 aromatic heterocycles. The van der Waals surface area contributed by atoms with Crippen LogP contribution in [-0.2, 0) is 6.42 Å². The molecule has 20 N–H and O–H groups in total. The maximum absolute atomic E-state index is 13.1. The average Bonchev–Trinajstić information content (AvgIpc) is 1.08. The van der Waals surface area contributed by atoms with Gasteiger partial charge in [0.15, 0.2) is 64.3 Å². The first-order valence-corrected chi connectivity index (χ1v) is 25.7. The second kappa shape index (κ2) is 19.7. The van der Waals surface area contributed by atoms with Gasteiger partial charge in [0.05, 0.1) is 23.9 Å². The minimum absolute atomic E-state index is 0.00596. The highest BCUT2D eigenvalue weighted by Crippen LogP contribution is 2.64. The number of aliphatic hydroxyl groups excluding tert-OH is 4. The minimum Gasteiger partial charge on any atom is -0.508 e. The van der Waals surface area contributed by atoms with Crippen molar-refractivity contribution in [1.29, 1.82) is 0 Å². The van der Waals surface area contributed by atoms with E-state index in [4.69, 9.17) is 18.9 Å². The highest BCUT2D eigenvalue weighted by atomic mass is 16.5. The maximum Gasteiger partial charge on any atom is 0.157 e. The molecule has 8 aromatic carbocycles. The third-order valence-corrected chi connectivity index (χ3v) is 16.0. The average molecular weight is 1160 g/mol. The summed E-state index contributed by atoms with van der Waals surface area (Å²) in [5, 5.41) is 229. The molecule has 8 aromatic rings. The molecule has 0 unspecified atom stereocenters. The molecule has 0 fully saturated rings. The van der Waals surface area contributed by atoms with Crippen LogP contribution in [-0.4, -0.2) is 127 Å². The van der Waals surface area contributed by atoms with Crippen molar-refractivity contribution in [2.75, 3.05) is 0 Å². The van der Waals surface area contributed by atoms with Gasteiger partial charge in [0, 0.05) is 75.7 Å². The van der Waals surface area contributed by atoms with Crippen molar-refractivity contribution in [3.05, 3.63) is 164 Å². The molecule has 0 spiro atoms. The predicted molar refractivity (Wildman–Crippen MR) is 285 cm³/mol. The minimum atomic E-state index is -2.15. The molecule has 0 saturated carbocycles. The maximum atomic E-state index is 13.1. The summed E-state index contributed by atoms with van der Waals surface area (Å²) in [6.07, 6.45) is -14.7. The molecule has 24 nitrogen and oxygen atoms in total. The molecule has 11 atom stereocenters. The summed E-state index contributed by atoms with van der Waals surface area (Å²) in [5.74, 6) is -19.0. The molecular weight excluding hydrogens is 1100 g/mol. The lowest BCUT2D eigenvalue weighted by atomic mass is 9.72. The molecule has 84 heavy (non-hydrogen) atoms. The fourth-order valence-corrected chi connectivity index (χ4v) is 12.2. The second-order valence-corrected chi connectivity index (χ2v) is 21.0. The molecule has 0 aliphatic carbocycles. The van der Waals surface area contributed by atoms with Gasteiger partial charge in [0.1, 0.15) is 93.4 Å². The molecule has 0 radical (unpaired) electrons. The summed E-state index contributed by atoms with van der Waals surface area (Å²) in [5.41, 5.74) is -3.30. The molecular formula is C60H50O24. The van der Waals surface area contributed by atoms with Crippen LogP contribution in [0.1, 0.15) is 103 Å². The van der Waals surface area contributed by atoms with E-state index in [-0.39, 0.29) is 39.1 Å². The van der Waals surface area contributed by atoms with Crippen molar-refractivity contribution in [3.63, 3.8) is 0 Å². The summed E-state index contributed by atoms with van der Waals surface area (Å²) in [6, 6.07) is 17.9. The Labute approximate surface area is 472 Å². The molecule has 434 valence electrons. The first kappa shape index (κ1) is 54.2. The van der Waals surface area contributed by atoms with Gasteiger partial charge in [0.25, 0.3) is 0 Å². The number of hydrogen-bond donors (Lipinski definition) is 20. The van der Waals surface area contributed by atoms with Crippen molar-refractivity contribution in [3.8, 4) is 115 Å². The fraction of sp³-hybridized carbons (Fsp3) is 0.200. The van der Waals surface area contributed by atoms with Gasteiger partial charge in [-0.25, -0.2) is 0 Å². The van der Waals surface area contributed by atoms with Gasteiger partial charge in [0.2, 0.25) is 0 Å². The number of aromatic hydroxyl groups is 16. The van der Waals surface area contributed by atoms with Crippen LogP contribution >= 0.6 is 0 Å². The molecule has 4 aliphatic rings. The van der Waals surface area contributed by atoms with E-state index in [1.165, 1.54) is 24.3 Å². The van der Waals surface area contributed by atoms with Gasteiger partial charge < -0.3 is 121 Å². The normalized spacial score (nSPS) is 24.0. The Hall–Kier alpha value is -10.4. The molecule has 0 bridgehead atoms. The highest BCUT2D eigenvalue weighted by molar-refractivity contribution is 5.73. The van der Waals surface area contributed by atoms with E-state index >= 15 is 0 Å². The van der Waals surface area contributed by atoms with Crippen LogP contribution < -0.4 is 18.9 Å². The topological polar surface area (TPSA) is 442 Å². The van der Waals surface area contributed by atoms with E-state index in [1.807, 2.05) is 0 Å². The Morgan fingerprint density at radius 1 is 0.286 bits per heavy atom. The predicted octanol–water partition coefficient (Wildman–Crippen LogP) is 5.89. The quantitative estimate of drug-likeness (QED) is 0.0827. The van der Waals surface area contributed by atoms with Crippen LogP contribution in [0.15, 0.2) is 103 Å². The van der Waals surface area contributed by atoms with Gasteiger partial charge in [-0.2, -0.15) is 0 Å². The zero-order valence-electron chi connectivity index (χ0n) is 43.0. The van der Waals surface area contributed by atoms with Crippen LogP contribution in [0.2, 0.25) is 0 Å². The van der Waals surface area contributed by atoms with Crippen LogP contribution in [0.4, 0.5) is 0 Å². The zero-order chi connectivity index (χ0) is 59.8. The van der Waals surface area contributed by atoms with Crippen molar-refractivity contribution in [2.24, 2.45) is 0 Å². The van der Waals surface area contributed by atoms with Gasteiger partial charge in [-0.3, -0.25) is 0 Å². The number of benzene rings is 8. The summed E-state index contributed by atoms with van der Waals surface area (Å²) in [7, 11) is 0. The summed E-state index contributed by atoms with van der Waals surface area (Å²) >= 11 is 0. The van der Waals surface area contributed by atoms with Gasteiger partial charge in [-0.15, -0.1) is 0 Å². The third kappa shape index (κ3) is 8.44. The van der Waals surface area contributed by atoms with Gasteiger partial charge in [-0.1, -0.05) is 24.3 Å². The Bertz CT molecular complexity index is 4030. The zero-order valence-corrected chi connectivity index (χ0v) is 43.0. The lowest BCUT2D eigenvalue weighted by Crippen LogP contribution is -2.39. The Kier molecular flexibility index (Phi) is 12.7. The van der Waals surface area contributed by atoms with Gasteiger partial charge in [-0.05, 0) is 70.8 Å². The van der Waals surface area contributed by atoms with Crippen LogP contribution in [0.3, 0.4) is 0 Å². The molecule has 0 saturated heterocycles. The number of fused-ring (bicyclic) bond motifs is 4. The highest BCUT2D eigenvalue weighted by Gasteiger charge is 2.53. The van der Waals surface area contributed by atoms with Crippen LogP contribution in [0, 0.1) is 0 Å². The van der Waals surface area contributed by atoms with E-state index in [0.29, 0.717) is 0 Å². The monoisotopic (exact) mass is 1150 g/mol.